The van der Waals surface area contributed by atoms with Gasteiger partial charge in [0.1, 0.15) is 0 Å². The Morgan fingerprint density at radius 1 is 1.47 bits per heavy atom. The van der Waals surface area contributed by atoms with Crippen LogP contribution in [-0.2, 0) is 4.74 Å². The maximum absolute atomic E-state index is 5.92. The van der Waals surface area contributed by atoms with E-state index in [-0.39, 0.29) is 11.1 Å². The molecule has 15 heavy (non-hydrogen) atoms. The molecule has 4 nitrogen and oxygen atoms in total. The molecule has 0 amide bonds. The van der Waals surface area contributed by atoms with Crippen LogP contribution in [0.3, 0.4) is 0 Å². The van der Waals surface area contributed by atoms with Crippen LogP contribution in [0, 0.1) is 0 Å². The lowest BCUT2D eigenvalue weighted by atomic mass is 9.79. The van der Waals surface area contributed by atoms with E-state index < -0.39 is 0 Å². The molecule has 1 aliphatic rings. The number of hydrogen-bond donors (Lipinski definition) is 2. The second kappa shape index (κ2) is 4.78. The molecule has 0 saturated carbocycles. The van der Waals surface area contributed by atoms with E-state index in [0.29, 0.717) is 6.54 Å². The molecule has 0 aromatic heterocycles. The standard InChI is InChI=1S/C11H25N3O/c1-5-10(2)8-11(9-12,6-7-15-10)13-14(3)4/h13H,5-9,12H2,1-4H3. The summed E-state index contributed by atoms with van der Waals surface area (Å²) in [6.07, 6.45) is 2.99. The molecule has 0 radical (unpaired) electrons. The highest BCUT2D eigenvalue weighted by atomic mass is 16.5. The van der Waals surface area contributed by atoms with E-state index in [4.69, 9.17) is 10.5 Å². The van der Waals surface area contributed by atoms with E-state index in [1.165, 1.54) is 0 Å². The van der Waals surface area contributed by atoms with Crippen LogP contribution in [-0.4, -0.2) is 43.4 Å². The Morgan fingerprint density at radius 2 is 2.13 bits per heavy atom. The first-order chi connectivity index (χ1) is 6.95. The third-order valence-electron chi connectivity index (χ3n) is 3.34. The summed E-state index contributed by atoms with van der Waals surface area (Å²) in [5.41, 5.74) is 9.36. The van der Waals surface area contributed by atoms with Crippen molar-refractivity contribution in [1.82, 2.24) is 10.4 Å². The van der Waals surface area contributed by atoms with Gasteiger partial charge in [0, 0.05) is 32.8 Å². The zero-order chi connectivity index (χ0) is 11.5. The average molecular weight is 215 g/mol. The van der Waals surface area contributed by atoms with Crippen LogP contribution < -0.4 is 11.2 Å². The fourth-order valence-corrected chi connectivity index (χ4v) is 2.36. The minimum Gasteiger partial charge on any atom is -0.375 e. The van der Waals surface area contributed by atoms with Crippen molar-refractivity contribution in [1.29, 1.82) is 0 Å². The zero-order valence-electron chi connectivity index (χ0n) is 10.5. The molecule has 0 bridgehead atoms. The number of rotatable bonds is 4. The van der Waals surface area contributed by atoms with Crippen molar-refractivity contribution in [2.45, 2.75) is 44.2 Å². The maximum atomic E-state index is 5.92. The number of nitrogens with one attached hydrogen (secondary N) is 1. The molecule has 1 rings (SSSR count). The molecule has 1 fully saturated rings. The number of nitrogens with zero attached hydrogens (tertiary/aromatic N) is 1. The van der Waals surface area contributed by atoms with Gasteiger partial charge in [-0.15, -0.1) is 0 Å². The summed E-state index contributed by atoms with van der Waals surface area (Å²) in [6.45, 7) is 5.79. The second-order valence-corrected chi connectivity index (χ2v) is 5.07. The van der Waals surface area contributed by atoms with Crippen molar-refractivity contribution in [2.75, 3.05) is 27.2 Å². The van der Waals surface area contributed by atoms with Gasteiger partial charge in [0.15, 0.2) is 0 Å². The normalized spacial score (nSPS) is 37.2. The van der Waals surface area contributed by atoms with Crippen molar-refractivity contribution in [3.63, 3.8) is 0 Å². The third-order valence-corrected chi connectivity index (χ3v) is 3.34. The summed E-state index contributed by atoms with van der Waals surface area (Å²) in [4.78, 5) is 0. The van der Waals surface area contributed by atoms with E-state index in [1.54, 1.807) is 0 Å². The summed E-state index contributed by atoms with van der Waals surface area (Å²) in [5, 5.41) is 1.99. The fourth-order valence-electron chi connectivity index (χ4n) is 2.36. The highest BCUT2D eigenvalue weighted by molar-refractivity contribution is 4.97. The monoisotopic (exact) mass is 215 g/mol. The van der Waals surface area contributed by atoms with Crippen LogP contribution in [0.15, 0.2) is 0 Å². The van der Waals surface area contributed by atoms with Crippen LogP contribution in [0.4, 0.5) is 0 Å². The molecular formula is C11H25N3O. The first-order valence-corrected chi connectivity index (χ1v) is 5.74. The zero-order valence-corrected chi connectivity index (χ0v) is 10.5. The van der Waals surface area contributed by atoms with Crippen LogP contribution in [0.25, 0.3) is 0 Å². The molecule has 1 aliphatic heterocycles. The molecular weight excluding hydrogens is 190 g/mol. The van der Waals surface area contributed by atoms with E-state index in [2.05, 4.69) is 19.3 Å². The molecule has 90 valence electrons. The number of ether oxygens (including phenoxy) is 1. The molecule has 1 saturated heterocycles. The second-order valence-electron chi connectivity index (χ2n) is 5.07. The lowest BCUT2D eigenvalue weighted by Gasteiger charge is -2.47. The quantitative estimate of drug-likeness (QED) is 0.679. The minimum atomic E-state index is -0.0272. The third kappa shape index (κ3) is 3.14. The Morgan fingerprint density at radius 3 is 2.60 bits per heavy atom. The Balaban J connectivity index is 2.72. The predicted molar refractivity (Wildman–Crippen MR) is 62.5 cm³/mol. The first-order valence-electron chi connectivity index (χ1n) is 5.74. The van der Waals surface area contributed by atoms with Gasteiger partial charge in [-0.3, -0.25) is 5.01 Å². The molecule has 0 aliphatic carbocycles. The van der Waals surface area contributed by atoms with Gasteiger partial charge in [0.05, 0.1) is 5.60 Å². The molecule has 2 atom stereocenters. The van der Waals surface area contributed by atoms with E-state index in [0.717, 1.165) is 25.9 Å². The van der Waals surface area contributed by atoms with Gasteiger partial charge in [-0.1, -0.05) is 6.92 Å². The molecule has 4 heteroatoms. The predicted octanol–water partition coefficient (Wildman–Crippen LogP) is 0.729. The fraction of sp³-hybridized carbons (Fsp3) is 1.00. The van der Waals surface area contributed by atoms with Crippen molar-refractivity contribution in [2.24, 2.45) is 5.73 Å². The molecule has 0 spiro atoms. The summed E-state index contributed by atoms with van der Waals surface area (Å²) >= 11 is 0. The molecule has 0 aromatic carbocycles. The number of nitrogens with two attached hydrogens (primary N) is 1. The number of hydrazine groups is 1. The van der Waals surface area contributed by atoms with Gasteiger partial charge in [-0.05, 0) is 26.2 Å². The molecule has 0 aromatic rings. The van der Waals surface area contributed by atoms with Crippen molar-refractivity contribution < 1.29 is 4.74 Å². The summed E-state index contributed by atoms with van der Waals surface area (Å²) in [7, 11) is 4.02. The average Bonchev–Trinajstić information content (AvgIpc) is 2.17. The Labute approximate surface area is 93.1 Å². The van der Waals surface area contributed by atoms with Crippen molar-refractivity contribution in [3.8, 4) is 0 Å². The van der Waals surface area contributed by atoms with Gasteiger partial charge in [-0.25, -0.2) is 5.43 Å². The van der Waals surface area contributed by atoms with Gasteiger partial charge >= 0.3 is 0 Å². The minimum absolute atomic E-state index is 0.00646. The first kappa shape index (κ1) is 12.9. The Kier molecular flexibility index (Phi) is 4.12. The van der Waals surface area contributed by atoms with Crippen LogP contribution in [0.1, 0.15) is 33.1 Å². The lowest BCUT2D eigenvalue weighted by molar-refractivity contribution is -0.110. The van der Waals surface area contributed by atoms with Crippen LogP contribution >= 0.6 is 0 Å². The summed E-state index contributed by atoms with van der Waals surface area (Å²) in [6, 6.07) is 0. The summed E-state index contributed by atoms with van der Waals surface area (Å²) in [5.74, 6) is 0. The van der Waals surface area contributed by atoms with Crippen molar-refractivity contribution in [3.05, 3.63) is 0 Å². The topological polar surface area (TPSA) is 50.5 Å². The van der Waals surface area contributed by atoms with Crippen LogP contribution in [0.5, 0.6) is 0 Å². The van der Waals surface area contributed by atoms with E-state index in [9.17, 15) is 0 Å². The molecule has 3 N–H and O–H groups in total. The van der Waals surface area contributed by atoms with Crippen LogP contribution in [0.2, 0.25) is 0 Å². The lowest BCUT2D eigenvalue weighted by Crippen LogP contribution is -2.62. The summed E-state index contributed by atoms with van der Waals surface area (Å²) < 4.78 is 5.84. The molecule has 2 unspecified atom stereocenters. The van der Waals surface area contributed by atoms with Gasteiger partial charge in [0.25, 0.3) is 0 Å². The van der Waals surface area contributed by atoms with E-state index in [1.807, 2.05) is 19.1 Å². The SMILES string of the molecule is CCC1(C)CC(CN)(NN(C)C)CCO1. The van der Waals surface area contributed by atoms with E-state index >= 15 is 0 Å². The molecule has 1 heterocycles. The Bertz CT molecular complexity index is 210. The van der Waals surface area contributed by atoms with Gasteiger partial charge in [0.2, 0.25) is 0 Å². The van der Waals surface area contributed by atoms with Gasteiger partial charge in [-0.2, -0.15) is 0 Å². The maximum Gasteiger partial charge on any atom is 0.0670 e. The Hall–Kier alpha value is -0.160. The highest BCUT2D eigenvalue weighted by Crippen LogP contribution is 2.33. The highest BCUT2D eigenvalue weighted by Gasteiger charge is 2.41. The largest absolute Gasteiger partial charge is 0.375 e. The van der Waals surface area contributed by atoms with Crippen molar-refractivity contribution >= 4 is 0 Å². The number of hydrogen-bond acceptors (Lipinski definition) is 4. The van der Waals surface area contributed by atoms with Gasteiger partial charge < -0.3 is 10.5 Å². The smallest absolute Gasteiger partial charge is 0.0670 e.